The van der Waals surface area contributed by atoms with Gasteiger partial charge in [-0.05, 0) is 0 Å². The molecule has 0 aliphatic rings. The molecule has 0 atom stereocenters. The summed E-state index contributed by atoms with van der Waals surface area (Å²) in [5, 5.41) is 0. The molecule has 0 aliphatic carbocycles. The molecule has 0 aromatic heterocycles. The third-order valence-corrected chi connectivity index (χ3v) is 0. The first-order chi connectivity index (χ1) is 1.41. The van der Waals surface area contributed by atoms with E-state index < -0.39 is 11.9 Å². The van der Waals surface area contributed by atoms with Crippen molar-refractivity contribution in [1.29, 1.82) is 0 Å². The second kappa shape index (κ2) is 8.83. The van der Waals surface area contributed by atoms with E-state index in [0.29, 0.717) is 0 Å². The van der Waals surface area contributed by atoms with Gasteiger partial charge in [-0.3, -0.25) is 0 Å². The Hall–Kier alpha value is 1.75. The van der Waals surface area contributed by atoms with Gasteiger partial charge < -0.3 is 4.55 Å². The first-order valence-corrected chi connectivity index (χ1v) is 1.15. The van der Waals surface area contributed by atoms with Crippen LogP contribution in [-0.4, -0.2) is 60.1 Å². The number of hydrogen-bond donors (Lipinski definition) is 2. The van der Waals surface area contributed by atoms with Gasteiger partial charge in [-0.1, -0.05) is 0 Å². The maximum absolute atomic E-state index is 8.46. The quantitative estimate of drug-likeness (QED) is 0.230. The normalized spacial score (nSPS) is 4.25. The van der Waals surface area contributed by atoms with E-state index in [1.807, 2.05) is 0 Å². The molecule has 4 heavy (non-hydrogen) atoms. The zero-order valence-corrected chi connectivity index (χ0v) is 2.20. The SMILES string of the molecule is O=[SH]O.[KH]. The third-order valence-electron chi connectivity index (χ3n) is 0. The van der Waals surface area contributed by atoms with Gasteiger partial charge in [0, 0.05) is 0 Å². The summed E-state index contributed by atoms with van der Waals surface area (Å²) in [5.41, 5.74) is 0. The summed E-state index contributed by atoms with van der Waals surface area (Å²) < 4.78 is 15.4. The van der Waals surface area contributed by atoms with Gasteiger partial charge in [0.15, 0.2) is 0 Å². The van der Waals surface area contributed by atoms with E-state index in [1.165, 1.54) is 0 Å². The van der Waals surface area contributed by atoms with Gasteiger partial charge >= 0.3 is 51.4 Å². The Kier molecular flexibility index (Phi) is 20.4. The number of thiol groups is 1. The van der Waals surface area contributed by atoms with Crippen LogP contribution in [0.4, 0.5) is 0 Å². The topological polar surface area (TPSA) is 37.3 Å². The van der Waals surface area contributed by atoms with Crippen LogP contribution in [0.15, 0.2) is 0 Å². The molecule has 1 N–H and O–H groups in total. The van der Waals surface area contributed by atoms with Crippen LogP contribution < -0.4 is 0 Å². The molecule has 22 valence electrons. The molecule has 0 bridgehead atoms. The average Bonchev–Trinajstić information content (AvgIpc) is 0.918. The second-order valence-electron chi connectivity index (χ2n) is 0.0816. The van der Waals surface area contributed by atoms with Crippen molar-refractivity contribution in [2.45, 2.75) is 0 Å². The van der Waals surface area contributed by atoms with Crippen molar-refractivity contribution in [3.05, 3.63) is 0 Å². The molecule has 0 aliphatic heterocycles. The Morgan fingerprint density at radius 2 is 1.75 bits per heavy atom. The molecule has 0 radical (unpaired) electrons. The summed E-state index contributed by atoms with van der Waals surface area (Å²) in [6.45, 7) is 0. The minimum absolute atomic E-state index is 0. The van der Waals surface area contributed by atoms with Crippen molar-refractivity contribution >= 4 is 63.3 Å². The van der Waals surface area contributed by atoms with Gasteiger partial charge in [0.05, 0.1) is 0 Å². The Balaban J connectivity index is 0. The van der Waals surface area contributed by atoms with Crippen LogP contribution in [0, 0.1) is 0 Å². The van der Waals surface area contributed by atoms with Crippen LogP contribution in [0.25, 0.3) is 0 Å². The van der Waals surface area contributed by atoms with E-state index in [4.69, 9.17) is 8.76 Å². The molecule has 0 aromatic carbocycles. The van der Waals surface area contributed by atoms with E-state index in [2.05, 4.69) is 0 Å². The van der Waals surface area contributed by atoms with Crippen LogP contribution in [0.2, 0.25) is 0 Å². The molecule has 0 aromatic rings. The average molecular weight is 106 g/mol. The van der Waals surface area contributed by atoms with E-state index in [-0.39, 0.29) is 51.4 Å². The second-order valence-corrected chi connectivity index (χ2v) is 0.245. The van der Waals surface area contributed by atoms with E-state index in [0.717, 1.165) is 0 Å². The standard InChI is InChI=1S/K.H2O2S.H/c;1-3-2;/h;3H,(H,1,2);. The fraction of sp³-hybridized carbons (Fsp3) is 0. The van der Waals surface area contributed by atoms with Crippen molar-refractivity contribution in [3.8, 4) is 0 Å². The van der Waals surface area contributed by atoms with Gasteiger partial charge in [-0.2, -0.15) is 0 Å². The fourth-order valence-electron chi connectivity index (χ4n) is 0. The molecular weight excluding hydrogens is 103 g/mol. The van der Waals surface area contributed by atoms with Crippen molar-refractivity contribution in [1.82, 2.24) is 0 Å². The Labute approximate surface area is 70.7 Å². The van der Waals surface area contributed by atoms with E-state index in [9.17, 15) is 0 Å². The number of rotatable bonds is 0. The molecular formula is H3KO2S. The summed E-state index contributed by atoms with van der Waals surface area (Å²) in [4.78, 5) is 0. The first-order valence-electron chi connectivity index (χ1n) is 0.383. The van der Waals surface area contributed by atoms with Crippen molar-refractivity contribution < 1.29 is 8.76 Å². The number of hydrogen-bond acceptors (Lipinski definition) is 1. The molecule has 2 nitrogen and oxygen atoms in total. The van der Waals surface area contributed by atoms with Crippen LogP contribution in [0.3, 0.4) is 0 Å². The predicted molar refractivity (Wildman–Crippen MR) is 19.3 cm³/mol. The summed E-state index contributed by atoms with van der Waals surface area (Å²) in [7, 11) is 0. The van der Waals surface area contributed by atoms with E-state index >= 15 is 0 Å². The van der Waals surface area contributed by atoms with Crippen LogP contribution in [0.5, 0.6) is 0 Å². The molecule has 0 unspecified atom stereocenters. The summed E-state index contributed by atoms with van der Waals surface area (Å²) in [5.74, 6) is 0. The molecule has 0 saturated carbocycles. The summed E-state index contributed by atoms with van der Waals surface area (Å²) >= 11 is -0.833. The fourth-order valence-corrected chi connectivity index (χ4v) is 0. The third kappa shape index (κ3) is 9.27. The summed E-state index contributed by atoms with van der Waals surface area (Å²) in [6, 6.07) is 0. The molecule has 0 saturated heterocycles. The van der Waals surface area contributed by atoms with Crippen LogP contribution in [0.1, 0.15) is 0 Å². The Bertz CT molecular complexity index is 13.5. The monoisotopic (exact) mass is 106 g/mol. The molecule has 0 heterocycles. The molecule has 0 amide bonds. The van der Waals surface area contributed by atoms with E-state index in [1.54, 1.807) is 0 Å². The zero-order valence-electron chi connectivity index (χ0n) is 1.30. The van der Waals surface area contributed by atoms with Gasteiger partial charge in [0.1, 0.15) is 11.9 Å². The molecule has 0 spiro atoms. The summed E-state index contributed by atoms with van der Waals surface area (Å²) in [6.07, 6.45) is 0. The van der Waals surface area contributed by atoms with Crippen molar-refractivity contribution in [3.63, 3.8) is 0 Å². The van der Waals surface area contributed by atoms with Gasteiger partial charge in [-0.25, -0.2) is 4.21 Å². The Morgan fingerprint density at radius 1 is 1.75 bits per heavy atom. The molecule has 4 heteroatoms. The Morgan fingerprint density at radius 3 is 1.75 bits per heavy atom. The van der Waals surface area contributed by atoms with Gasteiger partial charge in [-0.15, -0.1) is 0 Å². The first kappa shape index (κ1) is 9.22. The van der Waals surface area contributed by atoms with Crippen LogP contribution >= 0.6 is 0 Å². The van der Waals surface area contributed by atoms with Gasteiger partial charge in [0.25, 0.3) is 0 Å². The predicted octanol–water partition coefficient (Wildman–Crippen LogP) is -1.24. The molecule has 0 fully saturated rings. The minimum atomic E-state index is -0.833. The maximum atomic E-state index is 8.46. The zero-order chi connectivity index (χ0) is 2.71. The molecule has 0 rings (SSSR count). The van der Waals surface area contributed by atoms with Crippen LogP contribution in [-0.2, 0) is 11.9 Å². The van der Waals surface area contributed by atoms with Crippen molar-refractivity contribution in [2.75, 3.05) is 0 Å². The van der Waals surface area contributed by atoms with Crippen molar-refractivity contribution in [2.24, 2.45) is 0 Å². The van der Waals surface area contributed by atoms with Gasteiger partial charge in [0.2, 0.25) is 0 Å².